The zero-order valence-corrected chi connectivity index (χ0v) is 17.1. The number of anilines is 2. The van der Waals surface area contributed by atoms with Crippen molar-refractivity contribution in [3.05, 3.63) is 35.0 Å². The van der Waals surface area contributed by atoms with E-state index in [1.54, 1.807) is 25.1 Å². The lowest BCUT2D eigenvalue weighted by Crippen LogP contribution is -2.27. The molecule has 1 aromatic carbocycles. The molecule has 8 nitrogen and oxygen atoms in total. The third-order valence-corrected chi connectivity index (χ3v) is 7.55. The number of rotatable bonds is 6. The minimum Gasteiger partial charge on any atom is -0.369 e. The van der Waals surface area contributed by atoms with Crippen molar-refractivity contribution in [2.24, 2.45) is 5.73 Å². The number of thiazole rings is 1. The maximum atomic E-state index is 12.5. The largest absolute Gasteiger partial charge is 0.369 e. The van der Waals surface area contributed by atoms with Gasteiger partial charge < -0.3 is 5.73 Å². The average molecular weight is 427 g/mol. The first kappa shape index (κ1) is 19.6. The highest BCUT2D eigenvalue weighted by Crippen LogP contribution is 2.33. The molecule has 0 aliphatic carbocycles. The number of primary amides is 1. The normalized spacial score (nSPS) is 13.5. The minimum absolute atomic E-state index is 0.151. The molecule has 2 heterocycles. The topological polar surface area (TPSA) is 122 Å². The fourth-order valence-corrected chi connectivity index (χ4v) is 5.56. The van der Waals surface area contributed by atoms with E-state index < -0.39 is 15.9 Å². The quantitative estimate of drug-likeness (QED) is 0.677. The molecule has 0 spiro atoms. The van der Waals surface area contributed by atoms with E-state index in [2.05, 4.69) is 10.3 Å². The van der Waals surface area contributed by atoms with Gasteiger partial charge in [0.25, 0.3) is 5.91 Å². The number of nitrogens with one attached hydrogen (secondary N) is 1. The lowest BCUT2D eigenvalue weighted by molar-refractivity contribution is -0.115. The molecule has 11 heteroatoms. The summed E-state index contributed by atoms with van der Waals surface area (Å²) in [7, 11) is -3.32. The van der Waals surface area contributed by atoms with Crippen molar-refractivity contribution >= 4 is 55.8 Å². The zero-order valence-electron chi connectivity index (χ0n) is 14.7. The van der Waals surface area contributed by atoms with Gasteiger partial charge in [0, 0.05) is 12.1 Å². The van der Waals surface area contributed by atoms with E-state index in [0.29, 0.717) is 29.3 Å². The molecular weight excluding hydrogens is 408 g/mol. The molecule has 27 heavy (non-hydrogen) atoms. The Morgan fingerprint density at radius 3 is 2.81 bits per heavy atom. The van der Waals surface area contributed by atoms with Crippen molar-refractivity contribution in [3.8, 4) is 0 Å². The van der Waals surface area contributed by atoms with Gasteiger partial charge in [0.1, 0.15) is 0 Å². The molecule has 0 atom stereocenters. The molecule has 0 bridgehead atoms. The van der Waals surface area contributed by atoms with Crippen LogP contribution in [0.25, 0.3) is 0 Å². The molecular formula is C16H18N4O4S3. The van der Waals surface area contributed by atoms with Crippen LogP contribution in [0.4, 0.5) is 10.8 Å². The maximum absolute atomic E-state index is 12.5. The van der Waals surface area contributed by atoms with Crippen LogP contribution in [-0.4, -0.2) is 43.8 Å². The van der Waals surface area contributed by atoms with Crippen molar-refractivity contribution in [1.82, 2.24) is 4.98 Å². The summed E-state index contributed by atoms with van der Waals surface area (Å²) >= 11 is 2.56. The Bertz CT molecular complexity index is 1020. The van der Waals surface area contributed by atoms with E-state index in [1.165, 1.54) is 33.7 Å². The van der Waals surface area contributed by atoms with Crippen LogP contribution in [0, 0.1) is 6.92 Å². The number of amides is 2. The summed E-state index contributed by atoms with van der Waals surface area (Å²) in [4.78, 5) is 27.7. The summed E-state index contributed by atoms with van der Waals surface area (Å²) in [5, 5.41) is 3.18. The summed E-state index contributed by atoms with van der Waals surface area (Å²) in [6.07, 6.45) is 1.73. The van der Waals surface area contributed by atoms with Gasteiger partial charge in [0.15, 0.2) is 5.13 Å². The lowest BCUT2D eigenvalue weighted by atomic mass is 10.1. The SMILES string of the molecule is Cc1nc(NC(=O)c2ccc3c(c2)CCN3S(C)(=O)=O)sc1SCC(N)=O. The fourth-order valence-electron chi connectivity index (χ4n) is 2.73. The Hall–Kier alpha value is -2.11. The summed E-state index contributed by atoms with van der Waals surface area (Å²) in [5.41, 5.74) is 7.74. The maximum Gasteiger partial charge on any atom is 0.257 e. The number of benzene rings is 1. The number of hydrogen-bond acceptors (Lipinski definition) is 7. The van der Waals surface area contributed by atoms with E-state index >= 15 is 0 Å². The van der Waals surface area contributed by atoms with Crippen molar-refractivity contribution < 1.29 is 18.0 Å². The van der Waals surface area contributed by atoms with Crippen LogP contribution in [0.3, 0.4) is 0 Å². The van der Waals surface area contributed by atoms with Gasteiger partial charge in [0.2, 0.25) is 15.9 Å². The number of aryl methyl sites for hydroxylation is 1. The van der Waals surface area contributed by atoms with Gasteiger partial charge in [-0.15, -0.1) is 11.8 Å². The van der Waals surface area contributed by atoms with Crippen LogP contribution in [0.1, 0.15) is 21.6 Å². The fraction of sp³-hybridized carbons (Fsp3) is 0.312. The molecule has 0 radical (unpaired) electrons. The predicted octanol–water partition coefficient (Wildman–Crippen LogP) is 1.60. The van der Waals surface area contributed by atoms with Gasteiger partial charge >= 0.3 is 0 Å². The van der Waals surface area contributed by atoms with Crippen molar-refractivity contribution in [2.45, 2.75) is 17.6 Å². The number of carbonyl (C=O) groups excluding carboxylic acids is 2. The molecule has 1 aliphatic heterocycles. The molecule has 0 fully saturated rings. The zero-order chi connectivity index (χ0) is 19.8. The number of nitrogens with zero attached hydrogens (tertiary/aromatic N) is 2. The van der Waals surface area contributed by atoms with E-state index in [-0.39, 0.29) is 11.7 Å². The second kappa shape index (κ2) is 7.49. The Balaban J connectivity index is 1.74. The van der Waals surface area contributed by atoms with Crippen LogP contribution in [0.15, 0.2) is 22.4 Å². The molecule has 0 unspecified atom stereocenters. The molecule has 0 saturated heterocycles. The number of fused-ring (bicyclic) bond motifs is 1. The monoisotopic (exact) mass is 426 g/mol. The highest BCUT2D eigenvalue weighted by molar-refractivity contribution is 8.01. The van der Waals surface area contributed by atoms with Crippen molar-refractivity contribution in [3.63, 3.8) is 0 Å². The van der Waals surface area contributed by atoms with E-state index in [4.69, 9.17) is 5.73 Å². The van der Waals surface area contributed by atoms with E-state index in [0.717, 1.165) is 15.5 Å². The Labute approximate surface area is 165 Å². The second-order valence-electron chi connectivity index (χ2n) is 6.03. The van der Waals surface area contributed by atoms with Crippen LogP contribution in [-0.2, 0) is 21.2 Å². The molecule has 2 amide bonds. The van der Waals surface area contributed by atoms with Crippen molar-refractivity contribution in [1.29, 1.82) is 0 Å². The number of hydrogen-bond donors (Lipinski definition) is 2. The Morgan fingerprint density at radius 1 is 1.41 bits per heavy atom. The standard InChI is InChI=1S/C16H18N4O4S3/c1-9-15(25-8-13(17)21)26-16(18-9)19-14(22)11-3-4-12-10(7-11)5-6-20(12)27(2,23)24/h3-4,7H,5-6,8H2,1-2H3,(H2,17,21)(H,18,19,22). The highest BCUT2D eigenvalue weighted by Gasteiger charge is 2.27. The van der Waals surface area contributed by atoms with Gasteiger partial charge in [-0.25, -0.2) is 13.4 Å². The van der Waals surface area contributed by atoms with E-state index in [9.17, 15) is 18.0 Å². The number of aromatic nitrogens is 1. The first-order valence-electron chi connectivity index (χ1n) is 7.95. The molecule has 3 N–H and O–H groups in total. The summed E-state index contributed by atoms with van der Waals surface area (Å²) < 4.78 is 25.8. The molecule has 3 rings (SSSR count). The van der Waals surface area contributed by atoms with Crippen LogP contribution in [0.2, 0.25) is 0 Å². The lowest BCUT2D eigenvalue weighted by Gasteiger charge is -2.16. The number of thioether (sulfide) groups is 1. The Kier molecular flexibility index (Phi) is 5.45. The minimum atomic E-state index is -3.32. The second-order valence-corrected chi connectivity index (χ2v) is 10.2. The Morgan fingerprint density at radius 2 is 2.15 bits per heavy atom. The number of sulfonamides is 1. The van der Waals surface area contributed by atoms with Gasteiger partial charge in [0.05, 0.1) is 27.6 Å². The summed E-state index contributed by atoms with van der Waals surface area (Å²) in [6.45, 7) is 2.18. The van der Waals surface area contributed by atoms with Crippen molar-refractivity contribution in [2.75, 3.05) is 28.2 Å². The van der Waals surface area contributed by atoms with E-state index in [1.807, 2.05) is 0 Å². The number of nitrogens with two attached hydrogens (primary N) is 1. The van der Waals surface area contributed by atoms with Gasteiger partial charge in [-0.3, -0.25) is 19.2 Å². The summed E-state index contributed by atoms with van der Waals surface area (Å²) in [6, 6.07) is 4.96. The highest BCUT2D eigenvalue weighted by atomic mass is 32.2. The molecule has 1 aromatic heterocycles. The first-order chi connectivity index (χ1) is 12.6. The third kappa shape index (κ3) is 4.42. The third-order valence-electron chi connectivity index (χ3n) is 3.91. The predicted molar refractivity (Wildman–Crippen MR) is 107 cm³/mol. The van der Waals surface area contributed by atoms with Gasteiger partial charge in [-0.2, -0.15) is 0 Å². The van der Waals surface area contributed by atoms with Gasteiger partial charge in [-0.05, 0) is 37.1 Å². The molecule has 1 aliphatic rings. The smallest absolute Gasteiger partial charge is 0.257 e. The average Bonchev–Trinajstić information content (AvgIpc) is 3.15. The number of carbonyl (C=O) groups is 2. The first-order valence-corrected chi connectivity index (χ1v) is 11.6. The summed E-state index contributed by atoms with van der Waals surface area (Å²) in [5.74, 6) is -0.589. The van der Waals surface area contributed by atoms with Crippen LogP contribution >= 0.6 is 23.1 Å². The van der Waals surface area contributed by atoms with Crippen LogP contribution in [0.5, 0.6) is 0 Å². The molecule has 144 valence electrons. The van der Waals surface area contributed by atoms with Gasteiger partial charge in [-0.1, -0.05) is 11.3 Å². The molecule has 0 saturated carbocycles. The van der Waals surface area contributed by atoms with Crippen LogP contribution < -0.4 is 15.4 Å². The molecule has 2 aromatic rings.